The molecular formula is C26H31N3O5S2. The summed E-state index contributed by atoms with van der Waals surface area (Å²) in [6.07, 6.45) is 4.58. The molecule has 3 heterocycles. The van der Waals surface area contributed by atoms with E-state index in [1.54, 1.807) is 24.1 Å². The summed E-state index contributed by atoms with van der Waals surface area (Å²) in [5, 5.41) is 0.572. The van der Waals surface area contributed by atoms with E-state index >= 15 is 0 Å². The Morgan fingerprint density at radius 3 is 2.56 bits per heavy atom. The van der Waals surface area contributed by atoms with Crippen LogP contribution < -0.4 is 9.64 Å². The van der Waals surface area contributed by atoms with Gasteiger partial charge >= 0.3 is 0 Å². The van der Waals surface area contributed by atoms with Gasteiger partial charge in [0.2, 0.25) is 10.0 Å². The number of fused-ring (bicyclic) bond motifs is 1. The van der Waals surface area contributed by atoms with Crippen molar-refractivity contribution in [2.24, 2.45) is 0 Å². The summed E-state index contributed by atoms with van der Waals surface area (Å²) in [6, 6.07) is 10.1. The fourth-order valence-corrected chi connectivity index (χ4v) is 7.37. The second-order valence-corrected chi connectivity index (χ2v) is 12.2. The summed E-state index contributed by atoms with van der Waals surface area (Å²) in [4.78, 5) is 20.4. The van der Waals surface area contributed by atoms with Crippen LogP contribution in [-0.4, -0.2) is 63.1 Å². The predicted molar refractivity (Wildman–Crippen MR) is 141 cm³/mol. The van der Waals surface area contributed by atoms with Gasteiger partial charge in [-0.15, -0.1) is 0 Å². The van der Waals surface area contributed by atoms with Gasteiger partial charge in [0.05, 0.1) is 29.4 Å². The molecule has 2 aliphatic heterocycles. The topological polar surface area (TPSA) is 89.0 Å². The van der Waals surface area contributed by atoms with Gasteiger partial charge < -0.3 is 9.47 Å². The summed E-state index contributed by atoms with van der Waals surface area (Å²) in [5.74, 6) is 0.429. The Kier molecular flexibility index (Phi) is 7.30. The number of methoxy groups -OCH3 is 1. The van der Waals surface area contributed by atoms with Crippen molar-refractivity contribution in [1.82, 2.24) is 9.29 Å². The number of aryl methyl sites for hydroxylation is 1. The molecule has 0 radical (unpaired) electrons. The zero-order chi connectivity index (χ0) is 25.3. The predicted octanol–water partition coefficient (Wildman–Crippen LogP) is 4.61. The van der Waals surface area contributed by atoms with E-state index < -0.39 is 10.0 Å². The van der Waals surface area contributed by atoms with Crippen LogP contribution in [0.15, 0.2) is 41.3 Å². The van der Waals surface area contributed by atoms with Gasteiger partial charge in [0.25, 0.3) is 5.91 Å². The summed E-state index contributed by atoms with van der Waals surface area (Å²) in [6.45, 7) is 4.16. The quantitative estimate of drug-likeness (QED) is 0.444. The molecule has 8 nitrogen and oxygen atoms in total. The largest absolute Gasteiger partial charge is 0.494 e. The van der Waals surface area contributed by atoms with Gasteiger partial charge in [-0.05, 0) is 68.5 Å². The number of ether oxygens (including phenoxy) is 2. The fraction of sp³-hybridized carbons (Fsp3) is 0.462. The number of thiazole rings is 1. The number of anilines is 1. The van der Waals surface area contributed by atoms with Crippen molar-refractivity contribution in [3.8, 4) is 5.75 Å². The Hall–Kier alpha value is -2.53. The molecule has 2 fully saturated rings. The number of rotatable bonds is 7. The zero-order valence-corrected chi connectivity index (χ0v) is 22.2. The van der Waals surface area contributed by atoms with Crippen molar-refractivity contribution in [3.63, 3.8) is 0 Å². The average Bonchev–Trinajstić information content (AvgIpc) is 3.58. The van der Waals surface area contributed by atoms with Crippen LogP contribution >= 0.6 is 11.3 Å². The Labute approximate surface area is 215 Å². The summed E-state index contributed by atoms with van der Waals surface area (Å²) in [5.41, 5.74) is 2.20. The molecule has 1 amide bonds. The van der Waals surface area contributed by atoms with Gasteiger partial charge in [0.1, 0.15) is 11.3 Å². The second-order valence-electron chi connectivity index (χ2n) is 9.30. The molecule has 36 heavy (non-hydrogen) atoms. The molecule has 2 aromatic carbocycles. The number of carbonyl (C=O) groups excluding carboxylic acids is 1. The number of amides is 1. The van der Waals surface area contributed by atoms with Gasteiger partial charge in [-0.25, -0.2) is 13.4 Å². The van der Waals surface area contributed by atoms with Crippen molar-refractivity contribution in [2.75, 3.05) is 38.3 Å². The highest BCUT2D eigenvalue weighted by Gasteiger charge is 2.29. The number of sulfonamides is 1. The van der Waals surface area contributed by atoms with E-state index in [2.05, 4.69) is 0 Å². The normalized spacial score (nSPS) is 19.0. The number of hydrogen-bond acceptors (Lipinski definition) is 7. The van der Waals surface area contributed by atoms with E-state index in [1.165, 1.54) is 27.8 Å². The Morgan fingerprint density at radius 1 is 1.14 bits per heavy atom. The first-order valence-electron chi connectivity index (χ1n) is 12.4. The lowest BCUT2D eigenvalue weighted by atomic mass is 10.2. The Bertz CT molecular complexity index is 1340. The first kappa shape index (κ1) is 25.1. The van der Waals surface area contributed by atoms with Crippen LogP contribution in [0.25, 0.3) is 10.2 Å². The molecule has 1 aromatic heterocycles. The minimum Gasteiger partial charge on any atom is -0.494 e. The highest BCUT2D eigenvalue weighted by molar-refractivity contribution is 7.89. The Morgan fingerprint density at radius 2 is 1.89 bits per heavy atom. The molecule has 5 rings (SSSR count). The summed E-state index contributed by atoms with van der Waals surface area (Å²) >= 11 is 1.45. The summed E-state index contributed by atoms with van der Waals surface area (Å²) < 4.78 is 39.9. The van der Waals surface area contributed by atoms with Crippen molar-refractivity contribution in [3.05, 3.63) is 47.5 Å². The highest BCUT2D eigenvalue weighted by atomic mass is 32.2. The molecule has 1 atom stereocenters. The van der Waals surface area contributed by atoms with E-state index in [0.717, 1.165) is 47.9 Å². The standard InChI is InChI=1S/C26H31N3O5S2/c1-18-8-13-22(33-2)23-24(18)35-26(27-23)29(17-20-7-6-16-34-20)25(30)19-9-11-21(12-10-19)36(31,32)28-14-4-3-5-15-28/h8-13,20H,3-7,14-17H2,1-2H3. The molecule has 10 heteroatoms. The van der Waals surface area contributed by atoms with E-state index in [9.17, 15) is 13.2 Å². The van der Waals surface area contributed by atoms with Crippen LogP contribution in [0.2, 0.25) is 0 Å². The van der Waals surface area contributed by atoms with Crippen LogP contribution in [0, 0.1) is 6.92 Å². The van der Waals surface area contributed by atoms with Gasteiger partial charge in [-0.2, -0.15) is 4.31 Å². The van der Waals surface area contributed by atoms with Crippen LogP contribution in [0.5, 0.6) is 5.75 Å². The molecule has 3 aromatic rings. The van der Waals surface area contributed by atoms with Crippen LogP contribution in [0.3, 0.4) is 0 Å². The van der Waals surface area contributed by atoms with Gasteiger partial charge in [-0.1, -0.05) is 23.8 Å². The smallest absolute Gasteiger partial charge is 0.260 e. The fourth-order valence-electron chi connectivity index (χ4n) is 4.80. The first-order valence-corrected chi connectivity index (χ1v) is 14.6. The number of piperidine rings is 1. The van der Waals surface area contributed by atoms with Crippen LogP contribution in [-0.2, 0) is 14.8 Å². The molecule has 2 aliphatic rings. The molecular weight excluding hydrogens is 498 g/mol. The number of hydrogen-bond donors (Lipinski definition) is 0. The Balaban J connectivity index is 1.47. The van der Waals surface area contributed by atoms with E-state index in [0.29, 0.717) is 42.7 Å². The van der Waals surface area contributed by atoms with Crippen molar-refractivity contribution in [1.29, 1.82) is 0 Å². The molecule has 0 aliphatic carbocycles. The van der Waals surface area contributed by atoms with Crippen molar-refractivity contribution < 1.29 is 22.7 Å². The molecule has 0 bridgehead atoms. The molecule has 0 spiro atoms. The number of benzene rings is 2. The maximum atomic E-state index is 13.8. The molecule has 0 N–H and O–H groups in total. The lowest BCUT2D eigenvalue weighted by molar-refractivity contribution is 0.0917. The lowest BCUT2D eigenvalue weighted by Gasteiger charge is -2.26. The molecule has 2 saturated heterocycles. The van der Waals surface area contributed by atoms with Crippen LogP contribution in [0.4, 0.5) is 5.13 Å². The zero-order valence-electron chi connectivity index (χ0n) is 20.6. The number of aromatic nitrogens is 1. The molecule has 0 saturated carbocycles. The summed E-state index contributed by atoms with van der Waals surface area (Å²) in [7, 11) is -1.95. The SMILES string of the molecule is COc1ccc(C)c2sc(N(CC3CCCO3)C(=O)c3ccc(S(=O)(=O)N4CCCCC4)cc3)nc12. The monoisotopic (exact) mass is 529 g/mol. The van der Waals surface area contributed by atoms with E-state index in [-0.39, 0.29) is 16.9 Å². The van der Waals surface area contributed by atoms with Gasteiger partial charge in [-0.3, -0.25) is 9.69 Å². The van der Waals surface area contributed by atoms with Crippen LogP contribution in [0.1, 0.15) is 48.0 Å². The van der Waals surface area contributed by atoms with Crippen molar-refractivity contribution in [2.45, 2.75) is 50.0 Å². The molecule has 192 valence electrons. The first-order chi connectivity index (χ1) is 17.4. The second kappa shape index (κ2) is 10.5. The van der Waals surface area contributed by atoms with Gasteiger partial charge in [0, 0.05) is 25.3 Å². The average molecular weight is 530 g/mol. The van der Waals surface area contributed by atoms with E-state index in [4.69, 9.17) is 14.5 Å². The maximum absolute atomic E-state index is 13.8. The minimum atomic E-state index is -3.56. The van der Waals surface area contributed by atoms with E-state index in [1.807, 2.05) is 19.1 Å². The highest BCUT2D eigenvalue weighted by Crippen LogP contribution is 2.37. The lowest BCUT2D eigenvalue weighted by Crippen LogP contribution is -2.37. The number of carbonyl (C=O) groups is 1. The third-order valence-corrected chi connectivity index (χ3v) is 9.98. The van der Waals surface area contributed by atoms with Crippen molar-refractivity contribution >= 4 is 42.6 Å². The minimum absolute atomic E-state index is 0.0669. The third kappa shape index (κ3) is 4.87. The number of nitrogens with zero attached hydrogens (tertiary/aromatic N) is 3. The third-order valence-electron chi connectivity index (χ3n) is 6.85. The van der Waals surface area contributed by atoms with Gasteiger partial charge in [0.15, 0.2) is 5.13 Å². The molecule has 1 unspecified atom stereocenters. The maximum Gasteiger partial charge on any atom is 0.260 e.